The number of nitrogens with zero attached hydrogens (tertiary/aromatic N) is 1. The smallest absolute Gasteiger partial charge is 0.0509 e. The molecule has 3 heteroatoms. The van der Waals surface area contributed by atoms with Gasteiger partial charge in [0, 0.05) is 38.3 Å². The maximum atomic E-state index is 5.54. The van der Waals surface area contributed by atoms with Gasteiger partial charge in [0.25, 0.3) is 0 Å². The van der Waals surface area contributed by atoms with Crippen LogP contribution in [0, 0.1) is 5.92 Å². The van der Waals surface area contributed by atoms with Crippen molar-refractivity contribution in [1.29, 1.82) is 0 Å². The van der Waals surface area contributed by atoms with Gasteiger partial charge in [-0.1, -0.05) is 30.3 Å². The Labute approximate surface area is 115 Å². The van der Waals surface area contributed by atoms with E-state index in [9.17, 15) is 0 Å². The van der Waals surface area contributed by atoms with E-state index in [0.717, 1.165) is 38.8 Å². The molecule has 0 aliphatic carbocycles. The van der Waals surface area contributed by atoms with Crippen molar-refractivity contribution in [3.63, 3.8) is 0 Å². The van der Waals surface area contributed by atoms with E-state index >= 15 is 0 Å². The molecule has 0 amide bonds. The van der Waals surface area contributed by atoms with Crippen molar-refractivity contribution in [1.82, 2.24) is 10.2 Å². The molecule has 0 saturated carbocycles. The standard InChI is InChI=1S/C16H24N2O/c1-13(15-7-10-19-12-15)18-9-8-17-16(11-18)14-5-3-2-4-6-14/h2-6,13,15-17H,7-12H2,1H3. The first-order valence-electron chi connectivity index (χ1n) is 7.45. The van der Waals surface area contributed by atoms with Crippen LogP contribution in [-0.4, -0.2) is 43.8 Å². The first kappa shape index (κ1) is 13.1. The molecular formula is C16H24N2O. The Morgan fingerprint density at radius 2 is 2.16 bits per heavy atom. The number of ether oxygens (including phenoxy) is 1. The van der Waals surface area contributed by atoms with Gasteiger partial charge in [-0.2, -0.15) is 0 Å². The van der Waals surface area contributed by atoms with E-state index < -0.39 is 0 Å². The van der Waals surface area contributed by atoms with E-state index in [1.54, 1.807) is 0 Å². The summed E-state index contributed by atoms with van der Waals surface area (Å²) >= 11 is 0. The van der Waals surface area contributed by atoms with Crippen molar-refractivity contribution in [2.75, 3.05) is 32.8 Å². The van der Waals surface area contributed by atoms with Gasteiger partial charge in [-0.3, -0.25) is 4.90 Å². The third kappa shape index (κ3) is 2.99. The highest BCUT2D eigenvalue weighted by molar-refractivity contribution is 5.19. The average molecular weight is 260 g/mol. The van der Waals surface area contributed by atoms with Gasteiger partial charge in [0.15, 0.2) is 0 Å². The number of hydrogen-bond donors (Lipinski definition) is 1. The van der Waals surface area contributed by atoms with Crippen molar-refractivity contribution in [2.24, 2.45) is 5.92 Å². The lowest BCUT2D eigenvalue weighted by atomic mass is 9.96. The topological polar surface area (TPSA) is 24.5 Å². The minimum absolute atomic E-state index is 0.472. The number of nitrogens with one attached hydrogen (secondary N) is 1. The average Bonchev–Trinajstić information content (AvgIpc) is 3.02. The molecule has 0 aromatic heterocycles. The highest BCUT2D eigenvalue weighted by Gasteiger charge is 2.30. The molecule has 3 rings (SSSR count). The van der Waals surface area contributed by atoms with Crippen molar-refractivity contribution < 1.29 is 4.74 Å². The molecule has 2 fully saturated rings. The van der Waals surface area contributed by atoms with Crippen LogP contribution in [0.4, 0.5) is 0 Å². The van der Waals surface area contributed by atoms with Gasteiger partial charge in [-0.25, -0.2) is 0 Å². The maximum Gasteiger partial charge on any atom is 0.0509 e. The van der Waals surface area contributed by atoms with Crippen molar-refractivity contribution in [3.05, 3.63) is 35.9 Å². The summed E-state index contributed by atoms with van der Waals surface area (Å²) in [6, 6.07) is 11.9. The molecule has 2 heterocycles. The van der Waals surface area contributed by atoms with Crippen molar-refractivity contribution >= 4 is 0 Å². The highest BCUT2D eigenvalue weighted by Crippen LogP contribution is 2.25. The lowest BCUT2D eigenvalue weighted by Crippen LogP contribution is -2.51. The second-order valence-corrected chi connectivity index (χ2v) is 5.78. The van der Waals surface area contributed by atoms with E-state index in [4.69, 9.17) is 4.74 Å². The fourth-order valence-corrected chi connectivity index (χ4v) is 3.28. The number of piperazine rings is 1. The zero-order chi connectivity index (χ0) is 13.1. The molecule has 1 aromatic rings. The minimum Gasteiger partial charge on any atom is -0.381 e. The molecule has 2 saturated heterocycles. The summed E-state index contributed by atoms with van der Waals surface area (Å²) in [5.74, 6) is 0.717. The Morgan fingerprint density at radius 1 is 1.32 bits per heavy atom. The van der Waals surface area contributed by atoms with Crippen LogP contribution in [0.2, 0.25) is 0 Å². The quantitative estimate of drug-likeness (QED) is 0.900. The van der Waals surface area contributed by atoms with Crippen LogP contribution in [0.15, 0.2) is 30.3 Å². The molecule has 0 spiro atoms. The summed E-state index contributed by atoms with van der Waals surface area (Å²) in [5.41, 5.74) is 1.40. The Balaban J connectivity index is 1.64. The predicted octanol–water partition coefficient (Wildman–Crippen LogP) is 2.06. The minimum atomic E-state index is 0.472. The molecule has 1 N–H and O–H groups in total. The van der Waals surface area contributed by atoms with Crippen LogP contribution in [0.1, 0.15) is 24.9 Å². The Morgan fingerprint density at radius 3 is 2.89 bits per heavy atom. The Kier molecular flexibility index (Phi) is 4.16. The highest BCUT2D eigenvalue weighted by atomic mass is 16.5. The van der Waals surface area contributed by atoms with Crippen LogP contribution >= 0.6 is 0 Å². The summed E-state index contributed by atoms with van der Waals surface area (Å²) in [6.45, 7) is 7.61. The third-order valence-electron chi connectivity index (χ3n) is 4.63. The van der Waals surface area contributed by atoms with Crippen LogP contribution in [0.5, 0.6) is 0 Å². The van der Waals surface area contributed by atoms with E-state index in [1.807, 2.05) is 0 Å². The van der Waals surface area contributed by atoms with Crippen LogP contribution in [0.25, 0.3) is 0 Å². The molecule has 3 atom stereocenters. The Bertz CT molecular complexity index is 389. The first-order valence-corrected chi connectivity index (χ1v) is 7.45. The lowest BCUT2D eigenvalue weighted by Gasteiger charge is -2.39. The van der Waals surface area contributed by atoms with Crippen LogP contribution in [-0.2, 0) is 4.74 Å². The van der Waals surface area contributed by atoms with E-state index in [-0.39, 0.29) is 0 Å². The Hall–Kier alpha value is -0.900. The molecule has 0 radical (unpaired) electrons. The summed E-state index contributed by atoms with van der Waals surface area (Å²) in [6.07, 6.45) is 1.22. The summed E-state index contributed by atoms with van der Waals surface area (Å²) in [4.78, 5) is 2.63. The third-order valence-corrected chi connectivity index (χ3v) is 4.63. The van der Waals surface area contributed by atoms with Crippen LogP contribution in [0.3, 0.4) is 0 Å². The molecule has 3 nitrogen and oxygen atoms in total. The SMILES string of the molecule is CC(C1CCOC1)N1CCNC(c2ccccc2)C1. The van der Waals surface area contributed by atoms with E-state index in [2.05, 4.69) is 47.5 Å². The van der Waals surface area contributed by atoms with Gasteiger partial charge in [0.2, 0.25) is 0 Å². The van der Waals surface area contributed by atoms with Gasteiger partial charge in [-0.05, 0) is 24.8 Å². The number of hydrogen-bond acceptors (Lipinski definition) is 3. The molecule has 2 aliphatic rings. The molecule has 104 valence electrons. The number of benzene rings is 1. The zero-order valence-corrected chi connectivity index (χ0v) is 11.7. The molecular weight excluding hydrogens is 236 g/mol. The monoisotopic (exact) mass is 260 g/mol. The van der Waals surface area contributed by atoms with Gasteiger partial charge in [0.05, 0.1) is 6.61 Å². The zero-order valence-electron chi connectivity index (χ0n) is 11.7. The second-order valence-electron chi connectivity index (χ2n) is 5.78. The van der Waals surface area contributed by atoms with Crippen molar-refractivity contribution in [2.45, 2.75) is 25.4 Å². The van der Waals surface area contributed by atoms with Gasteiger partial charge in [0.1, 0.15) is 0 Å². The fraction of sp³-hybridized carbons (Fsp3) is 0.625. The van der Waals surface area contributed by atoms with E-state index in [0.29, 0.717) is 12.1 Å². The summed E-state index contributed by atoms with van der Waals surface area (Å²) in [5, 5.41) is 3.64. The maximum absolute atomic E-state index is 5.54. The van der Waals surface area contributed by atoms with Crippen LogP contribution < -0.4 is 5.32 Å². The molecule has 2 aliphatic heterocycles. The number of rotatable bonds is 3. The predicted molar refractivity (Wildman–Crippen MR) is 77.1 cm³/mol. The lowest BCUT2D eigenvalue weighted by molar-refractivity contribution is 0.100. The summed E-state index contributed by atoms with van der Waals surface area (Å²) in [7, 11) is 0. The second kappa shape index (κ2) is 6.04. The van der Waals surface area contributed by atoms with Gasteiger partial charge >= 0.3 is 0 Å². The van der Waals surface area contributed by atoms with E-state index in [1.165, 1.54) is 12.0 Å². The largest absolute Gasteiger partial charge is 0.381 e. The molecule has 0 bridgehead atoms. The first-order chi connectivity index (χ1) is 9.34. The summed E-state index contributed by atoms with van der Waals surface area (Å²) < 4.78 is 5.54. The fourth-order valence-electron chi connectivity index (χ4n) is 3.28. The molecule has 1 aromatic carbocycles. The van der Waals surface area contributed by atoms with Gasteiger partial charge < -0.3 is 10.1 Å². The molecule has 3 unspecified atom stereocenters. The molecule has 19 heavy (non-hydrogen) atoms. The normalized spacial score (nSPS) is 30.4. The van der Waals surface area contributed by atoms with Gasteiger partial charge in [-0.15, -0.1) is 0 Å². The van der Waals surface area contributed by atoms with Crippen molar-refractivity contribution in [3.8, 4) is 0 Å².